The van der Waals surface area contributed by atoms with Crippen LogP contribution < -0.4 is 15.2 Å². The number of benzene rings is 1. The van der Waals surface area contributed by atoms with Crippen LogP contribution in [0.15, 0.2) is 36.4 Å². The Morgan fingerprint density at radius 1 is 1.15 bits per heavy atom. The van der Waals surface area contributed by atoms with Gasteiger partial charge in [-0.15, -0.1) is 0 Å². The van der Waals surface area contributed by atoms with Crippen molar-refractivity contribution in [2.45, 2.75) is 26.0 Å². The summed E-state index contributed by atoms with van der Waals surface area (Å²) < 4.78 is 32.3. The van der Waals surface area contributed by atoms with Gasteiger partial charge in [0.2, 0.25) is 21.9 Å². The van der Waals surface area contributed by atoms with Gasteiger partial charge in [0, 0.05) is 11.3 Å². The summed E-state index contributed by atoms with van der Waals surface area (Å²) in [5.41, 5.74) is 8.65. The highest BCUT2D eigenvalue weighted by Gasteiger charge is 2.16. The molecule has 3 N–H and O–H groups in total. The summed E-state index contributed by atoms with van der Waals surface area (Å²) in [5, 5.41) is -0.531. The Bertz CT molecular complexity index is 1080. The van der Waals surface area contributed by atoms with Crippen LogP contribution in [-0.2, 0) is 10.0 Å². The number of nitrogens with two attached hydrogens (primary N) is 1. The van der Waals surface area contributed by atoms with Crippen molar-refractivity contribution in [1.82, 2.24) is 15.0 Å². The normalized spacial score (nSPS) is 11.7. The number of nitrogens with zero attached hydrogens (tertiary/aromatic N) is 3. The fraction of sp³-hybridized carbons (Fsp3) is 0.278. The highest BCUT2D eigenvalue weighted by Crippen LogP contribution is 2.27. The molecule has 3 aromatic rings. The fourth-order valence-corrected chi connectivity index (χ4v) is 3.12. The first-order valence-electron chi connectivity index (χ1n) is 8.49. The number of pyridine rings is 1. The molecule has 0 saturated heterocycles. The van der Waals surface area contributed by atoms with Crippen molar-refractivity contribution in [2.24, 2.45) is 0 Å². The van der Waals surface area contributed by atoms with E-state index in [2.05, 4.69) is 19.7 Å². The van der Waals surface area contributed by atoms with E-state index in [0.29, 0.717) is 34.9 Å². The number of nitrogen functional groups attached to an aromatic ring is 1. The fourth-order valence-electron chi connectivity index (χ4n) is 2.43. The van der Waals surface area contributed by atoms with Gasteiger partial charge in [0.15, 0.2) is 5.52 Å². The lowest BCUT2D eigenvalue weighted by Gasteiger charge is -2.12. The van der Waals surface area contributed by atoms with Crippen LogP contribution in [0, 0.1) is 0 Å². The van der Waals surface area contributed by atoms with E-state index in [4.69, 9.17) is 10.5 Å². The van der Waals surface area contributed by atoms with Gasteiger partial charge in [0.1, 0.15) is 0 Å². The molecule has 0 fully saturated rings. The molecule has 0 unspecified atom stereocenters. The summed E-state index contributed by atoms with van der Waals surface area (Å²) >= 11 is 0. The molecule has 1 aromatic carbocycles. The van der Waals surface area contributed by atoms with Gasteiger partial charge in [-0.1, -0.05) is 12.1 Å². The molecule has 2 aromatic heterocycles. The van der Waals surface area contributed by atoms with E-state index in [0.717, 1.165) is 5.56 Å². The Morgan fingerprint density at radius 2 is 1.93 bits per heavy atom. The first-order chi connectivity index (χ1) is 12.8. The maximum Gasteiger partial charge on any atom is 0.245 e. The second-order valence-corrected chi connectivity index (χ2v) is 8.40. The molecule has 0 saturated carbocycles. The van der Waals surface area contributed by atoms with Gasteiger partial charge < -0.3 is 10.5 Å². The predicted molar refractivity (Wildman–Crippen MR) is 106 cm³/mol. The average molecular weight is 387 g/mol. The quantitative estimate of drug-likeness (QED) is 0.667. The Hall–Kier alpha value is -2.94. The maximum atomic E-state index is 12.1. The van der Waals surface area contributed by atoms with Crippen LogP contribution in [0.25, 0.3) is 22.3 Å². The van der Waals surface area contributed by atoms with Crippen molar-refractivity contribution in [3.8, 4) is 17.1 Å². The van der Waals surface area contributed by atoms with Crippen molar-refractivity contribution >= 4 is 32.7 Å². The zero-order valence-corrected chi connectivity index (χ0v) is 16.1. The minimum atomic E-state index is -3.43. The standard InChI is InChI=1S/C18H21N5O3S/c1-4-26-17-16-15(21-18(19)22-17)9-8-14(20-16)12-6-5-7-13(10-12)23-27(24,25)11(2)3/h5-11,23H,4H2,1-3H3,(H2,19,21,22). The van der Waals surface area contributed by atoms with Gasteiger partial charge in [-0.05, 0) is 45.0 Å². The van der Waals surface area contributed by atoms with Gasteiger partial charge >= 0.3 is 0 Å². The Labute approximate surface area is 157 Å². The molecule has 2 heterocycles. The number of hydrogen-bond acceptors (Lipinski definition) is 7. The van der Waals surface area contributed by atoms with Crippen LogP contribution in [0.3, 0.4) is 0 Å². The van der Waals surface area contributed by atoms with Crippen molar-refractivity contribution < 1.29 is 13.2 Å². The molecule has 0 aliphatic heterocycles. The first-order valence-corrected chi connectivity index (χ1v) is 10.0. The second-order valence-electron chi connectivity index (χ2n) is 6.16. The van der Waals surface area contributed by atoms with E-state index in [-0.39, 0.29) is 5.95 Å². The van der Waals surface area contributed by atoms with E-state index in [1.54, 1.807) is 44.2 Å². The number of fused-ring (bicyclic) bond motifs is 1. The summed E-state index contributed by atoms with van der Waals surface area (Å²) in [4.78, 5) is 12.9. The molecular formula is C18H21N5O3S. The number of rotatable bonds is 6. The summed E-state index contributed by atoms with van der Waals surface area (Å²) in [6, 6.07) is 10.6. The molecule has 0 aliphatic carbocycles. The highest BCUT2D eigenvalue weighted by molar-refractivity contribution is 7.93. The van der Waals surface area contributed by atoms with Gasteiger partial charge in [-0.3, -0.25) is 4.72 Å². The highest BCUT2D eigenvalue weighted by atomic mass is 32.2. The molecule has 0 amide bonds. The van der Waals surface area contributed by atoms with Gasteiger partial charge in [0.05, 0.1) is 23.1 Å². The molecule has 0 radical (unpaired) electrons. The SMILES string of the molecule is CCOc1nc(N)nc2ccc(-c3cccc(NS(=O)(=O)C(C)C)c3)nc12. The lowest BCUT2D eigenvalue weighted by Crippen LogP contribution is -2.22. The van der Waals surface area contributed by atoms with Crippen LogP contribution in [-0.4, -0.2) is 35.2 Å². The van der Waals surface area contributed by atoms with Crippen LogP contribution in [0.5, 0.6) is 5.88 Å². The van der Waals surface area contributed by atoms with Crippen molar-refractivity contribution in [3.05, 3.63) is 36.4 Å². The zero-order valence-electron chi connectivity index (χ0n) is 15.3. The minimum Gasteiger partial charge on any atom is -0.476 e. The Morgan fingerprint density at radius 3 is 2.63 bits per heavy atom. The number of anilines is 2. The predicted octanol–water partition coefficient (Wildman–Crippen LogP) is 2.82. The topological polar surface area (TPSA) is 120 Å². The van der Waals surface area contributed by atoms with Crippen LogP contribution >= 0.6 is 0 Å². The van der Waals surface area contributed by atoms with Gasteiger partial charge in [0.25, 0.3) is 0 Å². The molecule has 8 nitrogen and oxygen atoms in total. The van der Waals surface area contributed by atoms with E-state index < -0.39 is 15.3 Å². The van der Waals surface area contributed by atoms with Crippen molar-refractivity contribution in [1.29, 1.82) is 0 Å². The second kappa shape index (κ2) is 7.36. The third-order valence-corrected chi connectivity index (χ3v) is 5.61. The lowest BCUT2D eigenvalue weighted by atomic mass is 10.1. The van der Waals surface area contributed by atoms with Crippen molar-refractivity contribution in [2.75, 3.05) is 17.1 Å². The van der Waals surface area contributed by atoms with E-state index in [9.17, 15) is 8.42 Å². The third kappa shape index (κ3) is 4.08. The van der Waals surface area contributed by atoms with Gasteiger partial charge in [-0.2, -0.15) is 4.98 Å². The maximum absolute atomic E-state index is 12.1. The Balaban J connectivity index is 2.04. The smallest absolute Gasteiger partial charge is 0.245 e. The van der Waals surface area contributed by atoms with E-state index in [1.165, 1.54) is 0 Å². The molecular weight excluding hydrogens is 366 g/mol. The average Bonchev–Trinajstić information content (AvgIpc) is 2.61. The van der Waals surface area contributed by atoms with Crippen LogP contribution in [0.2, 0.25) is 0 Å². The van der Waals surface area contributed by atoms with E-state index >= 15 is 0 Å². The molecule has 0 atom stereocenters. The summed E-state index contributed by atoms with van der Waals surface area (Å²) in [7, 11) is -3.43. The van der Waals surface area contributed by atoms with Crippen molar-refractivity contribution in [3.63, 3.8) is 0 Å². The summed E-state index contributed by atoms with van der Waals surface area (Å²) in [6.07, 6.45) is 0. The monoisotopic (exact) mass is 387 g/mol. The molecule has 142 valence electrons. The Kier molecular flexibility index (Phi) is 5.13. The molecule has 27 heavy (non-hydrogen) atoms. The largest absolute Gasteiger partial charge is 0.476 e. The number of aromatic nitrogens is 3. The number of hydrogen-bond donors (Lipinski definition) is 2. The summed E-state index contributed by atoms with van der Waals surface area (Å²) in [6.45, 7) is 5.51. The van der Waals surface area contributed by atoms with E-state index in [1.807, 2.05) is 13.0 Å². The molecule has 0 spiro atoms. The zero-order chi connectivity index (χ0) is 19.6. The number of sulfonamides is 1. The lowest BCUT2D eigenvalue weighted by molar-refractivity contribution is 0.330. The molecule has 3 rings (SSSR count). The number of nitrogens with one attached hydrogen (secondary N) is 1. The third-order valence-electron chi connectivity index (χ3n) is 3.85. The van der Waals surface area contributed by atoms with Crippen LogP contribution in [0.1, 0.15) is 20.8 Å². The van der Waals surface area contributed by atoms with Crippen LogP contribution in [0.4, 0.5) is 11.6 Å². The first kappa shape index (κ1) is 18.8. The molecule has 0 aliphatic rings. The summed E-state index contributed by atoms with van der Waals surface area (Å²) in [5.74, 6) is 0.434. The number of ether oxygens (including phenoxy) is 1. The molecule has 9 heteroatoms. The minimum absolute atomic E-state index is 0.116. The molecule has 0 bridgehead atoms. The van der Waals surface area contributed by atoms with Gasteiger partial charge in [-0.25, -0.2) is 18.4 Å².